The smallest absolute Gasteiger partial charge is 0.267 e. The van der Waals surface area contributed by atoms with Crippen LogP contribution in [-0.4, -0.2) is 71.2 Å². The molecule has 2 fully saturated rings. The first-order valence-electron chi connectivity index (χ1n) is 11.7. The Morgan fingerprint density at radius 1 is 0.971 bits per heavy atom. The number of piperazine rings is 1. The third-order valence-corrected chi connectivity index (χ3v) is 6.46. The van der Waals surface area contributed by atoms with Crippen LogP contribution < -0.4 is 19.9 Å². The van der Waals surface area contributed by atoms with Crippen LogP contribution >= 0.6 is 0 Å². The Morgan fingerprint density at radius 3 is 2.43 bits per heavy atom. The molecule has 1 saturated carbocycles. The molecule has 35 heavy (non-hydrogen) atoms. The Labute approximate surface area is 203 Å². The second-order valence-corrected chi connectivity index (χ2v) is 8.74. The number of benzene rings is 1. The van der Waals surface area contributed by atoms with Crippen molar-refractivity contribution < 1.29 is 14.3 Å². The monoisotopic (exact) mass is 476 g/mol. The predicted molar refractivity (Wildman–Crippen MR) is 130 cm³/mol. The molecule has 3 heterocycles. The van der Waals surface area contributed by atoms with E-state index >= 15 is 0 Å². The zero-order valence-electron chi connectivity index (χ0n) is 19.9. The van der Waals surface area contributed by atoms with Crippen LogP contribution in [0.4, 0.5) is 5.82 Å². The van der Waals surface area contributed by atoms with Gasteiger partial charge in [-0.25, -0.2) is 4.68 Å². The predicted octanol–water partition coefficient (Wildman–Crippen LogP) is 1.94. The maximum Gasteiger partial charge on any atom is 0.267 e. The van der Waals surface area contributed by atoms with E-state index in [1.165, 1.54) is 23.6 Å². The SMILES string of the molecule is COc1ccc(OC)c(-c2ccc(=O)n(CC(=O)N3CCN(c4ccc(C5CC5)nn4)CC3)n2)c1. The molecule has 1 aromatic carbocycles. The fraction of sp³-hybridized carbons (Fsp3) is 0.400. The molecule has 10 heteroatoms. The number of hydrogen-bond acceptors (Lipinski definition) is 8. The van der Waals surface area contributed by atoms with Crippen molar-refractivity contribution in [3.8, 4) is 22.8 Å². The molecular weight excluding hydrogens is 448 g/mol. The standard InChI is InChI=1S/C25H28N6O4/c1-34-18-5-8-22(35-2)19(15-18)21-7-10-24(32)31(28-21)16-25(33)30-13-11-29(12-14-30)23-9-6-20(26-27-23)17-3-4-17/h5-10,15,17H,3-4,11-14,16H2,1-2H3. The largest absolute Gasteiger partial charge is 0.497 e. The van der Waals surface area contributed by atoms with Crippen molar-refractivity contribution in [3.63, 3.8) is 0 Å². The molecule has 2 aliphatic rings. The van der Waals surface area contributed by atoms with Gasteiger partial charge in [0.1, 0.15) is 18.0 Å². The number of rotatable bonds is 7. The van der Waals surface area contributed by atoms with Gasteiger partial charge in [-0.15, -0.1) is 5.10 Å². The molecule has 3 aromatic rings. The maximum atomic E-state index is 13.0. The number of nitrogens with zero attached hydrogens (tertiary/aromatic N) is 6. The fourth-order valence-electron chi connectivity index (χ4n) is 4.23. The quantitative estimate of drug-likeness (QED) is 0.510. The summed E-state index contributed by atoms with van der Waals surface area (Å²) in [5, 5.41) is 13.2. The second kappa shape index (κ2) is 9.73. The van der Waals surface area contributed by atoms with E-state index in [4.69, 9.17) is 9.47 Å². The Morgan fingerprint density at radius 2 is 1.77 bits per heavy atom. The van der Waals surface area contributed by atoms with E-state index in [0.717, 1.165) is 11.5 Å². The van der Waals surface area contributed by atoms with Crippen molar-refractivity contribution in [1.82, 2.24) is 24.9 Å². The van der Waals surface area contributed by atoms with E-state index in [-0.39, 0.29) is 18.0 Å². The summed E-state index contributed by atoms with van der Waals surface area (Å²) in [7, 11) is 3.14. The summed E-state index contributed by atoms with van der Waals surface area (Å²) in [5.41, 5.74) is 1.92. The van der Waals surface area contributed by atoms with Crippen molar-refractivity contribution in [2.75, 3.05) is 45.3 Å². The third kappa shape index (κ3) is 4.96. The number of amides is 1. The highest BCUT2D eigenvalue weighted by atomic mass is 16.5. The molecule has 1 saturated heterocycles. The molecule has 1 amide bonds. The molecule has 0 unspecified atom stereocenters. The minimum Gasteiger partial charge on any atom is -0.497 e. The van der Waals surface area contributed by atoms with Gasteiger partial charge in [0.05, 0.1) is 25.6 Å². The number of anilines is 1. The molecule has 0 N–H and O–H groups in total. The van der Waals surface area contributed by atoms with E-state index in [2.05, 4.69) is 26.3 Å². The molecule has 2 aromatic heterocycles. The average Bonchev–Trinajstić information content (AvgIpc) is 3.75. The van der Waals surface area contributed by atoms with Crippen LogP contribution in [-0.2, 0) is 11.3 Å². The topological polar surface area (TPSA) is 103 Å². The zero-order valence-corrected chi connectivity index (χ0v) is 19.9. The van der Waals surface area contributed by atoms with Crippen LogP contribution in [0.1, 0.15) is 24.5 Å². The van der Waals surface area contributed by atoms with Crippen LogP contribution in [0.2, 0.25) is 0 Å². The van der Waals surface area contributed by atoms with Crippen molar-refractivity contribution in [3.05, 3.63) is 58.5 Å². The molecule has 0 spiro atoms. The lowest BCUT2D eigenvalue weighted by atomic mass is 10.1. The number of aromatic nitrogens is 4. The molecule has 0 bridgehead atoms. The van der Waals surface area contributed by atoms with Crippen molar-refractivity contribution in [1.29, 1.82) is 0 Å². The van der Waals surface area contributed by atoms with E-state index in [9.17, 15) is 9.59 Å². The number of ether oxygens (including phenoxy) is 2. The van der Waals surface area contributed by atoms with E-state index in [1.807, 2.05) is 6.07 Å². The molecule has 182 valence electrons. The van der Waals surface area contributed by atoms with Gasteiger partial charge >= 0.3 is 0 Å². The molecular formula is C25H28N6O4. The molecule has 1 aliphatic heterocycles. The molecule has 0 atom stereocenters. The number of carbonyl (C=O) groups is 1. The van der Waals surface area contributed by atoms with Gasteiger partial charge in [-0.2, -0.15) is 10.2 Å². The van der Waals surface area contributed by atoms with E-state index < -0.39 is 0 Å². The van der Waals surface area contributed by atoms with Crippen molar-refractivity contribution in [2.45, 2.75) is 25.3 Å². The first-order valence-corrected chi connectivity index (χ1v) is 11.7. The maximum absolute atomic E-state index is 13.0. The minimum absolute atomic E-state index is 0.130. The van der Waals surface area contributed by atoms with Gasteiger partial charge in [0.15, 0.2) is 5.82 Å². The highest BCUT2D eigenvalue weighted by Crippen LogP contribution is 2.38. The minimum atomic E-state index is -0.339. The lowest BCUT2D eigenvalue weighted by Gasteiger charge is -2.35. The van der Waals surface area contributed by atoms with Gasteiger partial charge in [-0.3, -0.25) is 9.59 Å². The lowest BCUT2D eigenvalue weighted by Crippen LogP contribution is -2.50. The highest BCUT2D eigenvalue weighted by molar-refractivity contribution is 5.76. The molecule has 0 radical (unpaired) electrons. The summed E-state index contributed by atoms with van der Waals surface area (Å²) in [5.74, 6) is 2.50. The Bertz CT molecular complexity index is 1260. The number of methoxy groups -OCH3 is 2. The van der Waals surface area contributed by atoms with Crippen molar-refractivity contribution in [2.24, 2.45) is 0 Å². The Kier molecular flexibility index (Phi) is 6.35. The van der Waals surface area contributed by atoms with E-state index in [0.29, 0.717) is 54.9 Å². The average molecular weight is 477 g/mol. The van der Waals surface area contributed by atoms with Gasteiger partial charge in [0.2, 0.25) is 5.91 Å². The van der Waals surface area contributed by atoms with Crippen molar-refractivity contribution >= 4 is 11.7 Å². The summed E-state index contributed by atoms with van der Waals surface area (Å²) < 4.78 is 11.9. The summed E-state index contributed by atoms with van der Waals surface area (Å²) >= 11 is 0. The van der Waals surface area contributed by atoms with Gasteiger partial charge in [0.25, 0.3) is 5.56 Å². The number of hydrogen-bond donors (Lipinski definition) is 0. The highest BCUT2D eigenvalue weighted by Gasteiger charge is 2.27. The lowest BCUT2D eigenvalue weighted by molar-refractivity contribution is -0.132. The van der Waals surface area contributed by atoms with Crippen LogP contribution in [0.25, 0.3) is 11.3 Å². The summed E-state index contributed by atoms with van der Waals surface area (Å²) in [4.78, 5) is 29.4. The van der Waals surface area contributed by atoms with Gasteiger partial charge < -0.3 is 19.3 Å². The van der Waals surface area contributed by atoms with Crippen LogP contribution in [0.3, 0.4) is 0 Å². The first-order chi connectivity index (χ1) is 17.1. The Balaban J connectivity index is 1.25. The third-order valence-electron chi connectivity index (χ3n) is 6.46. The molecule has 10 nitrogen and oxygen atoms in total. The molecule has 5 rings (SSSR count). The van der Waals surface area contributed by atoms with Crippen LogP contribution in [0.5, 0.6) is 11.5 Å². The first kappa shape index (κ1) is 22.8. The zero-order chi connectivity index (χ0) is 24.4. The second-order valence-electron chi connectivity index (χ2n) is 8.74. The summed E-state index contributed by atoms with van der Waals surface area (Å²) in [6, 6.07) is 12.5. The van der Waals surface area contributed by atoms with Crippen LogP contribution in [0, 0.1) is 0 Å². The fourth-order valence-corrected chi connectivity index (χ4v) is 4.23. The summed E-state index contributed by atoms with van der Waals surface area (Å²) in [6.45, 7) is 2.28. The van der Waals surface area contributed by atoms with Gasteiger partial charge in [0, 0.05) is 43.7 Å². The van der Waals surface area contributed by atoms with Crippen LogP contribution in [0.15, 0.2) is 47.3 Å². The summed E-state index contributed by atoms with van der Waals surface area (Å²) in [6.07, 6.45) is 2.39. The van der Waals surface area contributed by atoms with E-state index in [1.54, 1.807) is 43.4 Å². The number of carbonyl (C=O) groups excluding carboxylic acids is 1. The Hall–Kier alpha value is -3.95. The molecule has 1 aliphatic carbocycles. The van der Waals surface area contributed by atoms with Gasteiger partial charge in [-0.1, -0.05) is 0 Å². The normalized spacial score (nSPS) is 15.7. The van der Waals surface area contributed by atoms with Gasteiger partial charge in [-0.05, 0) is 49.2 Å².